The monoisotopic (exact) mass is 180 g/mol. The molecule has 13 heavy (non-hydrogen) atoms. The van der Waals surface area contributed by atoms with Crippen LogP contribution >= 0.6 is 0 Å². The molecule has 2 N–H and O–H groups in total. The first-order chi connectivity index (χ1) is 6.00. The van der Waals surface area contributed by atoms with E-state index in [2.05, 4.69) is 0 Å². The van der Waals surface area contributed by atoms with Crippen molar-refractivity contribution in [3.05, 3.63) is 28.8 Å². The average Bonchev–Trinajstić information content (AvgIpc) is 1.98. The average molecular weight is 180 g/mol. The van der Waals surface area contributed by atoms with Gasteiger partial charge in [0.15, 0.2) is 0 Å². The Bertz CT molecular complexity index is 280. The highest BCUT2D eigenvalue weighted by atomic mass is 16.3. The van der Waals surface area contributed by atoms with Crippen LogP contribution in [0.1, 0.15) is 23.6 Å². The van der Waals surface area contributed by atoms with E-state index < -0.39 is 0 Å². The van der Waals surface area contributed by atoms with Crippen LogP contribution in [0, 0.1) is 13.8 Å². The molecule has 0 radical (unpaired) electrons. The number of aromatic hydroxyl groups is 1. The molecule has 0 unspecified atom stereocenters. The van der Waals surface area contributed by atoms with Gasteiger partial charge in [-0.15, -0.1) is 0 Å². The molecule has 0 saturated heterocycles. The molecule has 72 valence electrons. The number of benzene rings is 1. The zero-order chi connectivity index (χ0) is 10.0. The molecule has 0 spiro atoms. The largest absolute Gasteiger partial charge is 0.507 e. The number of aliphatic hydroxyl groups is 1. The van der Waals surface area contributed by atoms with Gasteiger partial charge >= 0.3 is 0 Å². The predicted molar refractivity (Wildman–Crippen MR) is 53.0 cm³/mol. The summed E-state index contributed by atoms with van der Waals surface area (Å²) in [5.74, 6) is 0.356. The van der Waals surface area contributed by atoms with Crippen LogP contribution in [-0.4, -0.2) is 16.3 Å². The molecule has 1 atom stereocenters. The molecule has 2 nitrogen and oxygen atoms in total. The van der Waals surface area contributed by atoms with Crippen LogP contribution in [-0.2, 0) is 6.42 Å². The van der Waals surface area contributed by atoms with Gasteiger partial charge in [0, 0.05) is 0 Å². The van der Waals surface area contributed by atoms with Crippen LogP contribution in [0.3, 0.4) is 0 Å². The minimum absolute atomic E-state index is 0.330. The van der Waals surface area contributed by atoms with Crippen LogP contribution in [0.5, 0.6) is 5.75 Å². The van der Waals surface area contributed by atoms with E-state index in [0.717, 1.165) is 16.7 Å². The Balaban J connectivity index is 2.99. The Morgan fingerprint density at radius 1 is 1.23 bits per heavy atom. The van der Waals surface area contributed by atoms with Crippen molar-refractivity contribution in [3.63, 3.8) is 0 Å². The highest BCUT2D eigenvalue weighted by molar-refractivity contribution is 5.42. The molecule has 0 saturated carbocycles. The molecule has 0 amide bonds. The third kappa shape index (κ3) is 2.46. The van der Waals surface area contributed by atoms with Crippen molar-refractivity contribution in [2.75, 3.05) is 0 Å². The first-order valence-electron chi connectivity index (χ1n) is 4.48. The second-order valence-corrected chi connectivity index (χ2v) is 3.63. The fraction of sp³-hybridized carbons (Fsp3) is 0.455. The van der Waals surface area contributed by atoms with E-state index >= 15 is 0 Å². The van der Waals surface area contributed by atoms with Gasteiger partial charge in [-0.05, 0) is 43.9 Å². The maximum atomic E-state index is 9.50. The first kappa shape index (κ1) is 10.1. The summed E-state index contributed by atoms with van der Waals surface area (Å²) < 4.78 is 0. The summed E-state index contributed by atoms with van der Waals surface area (Å²) in [5.41, 5.74) is 2.81. The van der Waals surface area contributed by atoms with E-state index in [0.29, 0.717) is 12.2 Å². The van der Waals surface area contributed by atoms with Crippen molar-refractivity contribution >= 4 is 0 Å². The molecule has 0 aliphatic heterocycles. The highest BCUT2D eigenvalue weighted by Gasteiger charge is 2.05. The lowest BCUT2D eigenvalue weighted by molar-refractivity contribution is 0.195. The molecule has 2 heteroatoms. The Morgan fingerprint density at radius 3 is 2.08 bits per heavy atom. The molecular formula is C11H16O2. The third-order valence-electron chi connectivity index (χ3n) is 2.08. The van der Waals surface area contributed by atoms with E-state index in [4.69, 9.17) is 0 Å². The van der Waals surface area contributed by atoms with Crippen LogP contribution < -0.4 is 0 Å². The van der Waals surface area contributed by atoms with Gasteiger partial charge in [0.25, 0.3) is 0 Å². The molecule has 0 aliphatic carbocycles. The van der Waals surface area contributed by atoms with Gasteiger partial charge in [0.1, 0.15) is 5.75 Å². The van der Waals surface area contributed by atoms with E-state index in [9.17, 15) is 10.2 Å². The van der Waals surface area contributed by atoms with Gasteiger partial charge in [-0.1, -0.05) is 12.1 Å². The number of phenolic OH excluding ortho intramolecular Hbond substituents is 1. The molecule has 0 heterocycles. The molecule has 0 bridgehead atoms. The maximum absolute atomic E-state index is 9.50. The second kappa shape index (κ2) is 3.79. The lowest BCUT2D eigenvalue weighted by Gasteiger charge is -2.09. The van der Waals surface area contributed by atoms with Crippen molar-refractivity contribution in [1.29, 1.82) is 0 Å². The predicted octanol–water partition coefficient (Wildman–Crippen LogP) is 1.93. The van der Waals surface area contributed by atoms with Gasteiger partial charge in [0.05, 0.1) is 6.10 Å². The summed E-state index contributed by atoms with van der Waals surface area (Å²) in [6, 6.07) is 3.82. The second-order valence-electron chi connectivity index (χ2n) is 3.63. The zero-order valence-electron chi connectivity index (χ0n) is 8.33. The summed E-state index contributed by atoms with van der Waals surface area (Å²) in [4.78, 5) is 0. The molecule has 1 aromatic carbocycles. The Hall–Kier alpha value is -1.02. The molecular weight excluding hydrogens is 164 g/mol. The molecule has 0 fully saturated rings. The number of hydrogen-bond donors (Lipinski definition) is 2. The van der Waals surface area contributed by atoms with E-state index in [1.165, 1.54) is 0 Å². The summed E-state index contributed by atoms with van der Waals surface area (Å²) in [7, 11) is 0. The van der Waals surface area contributed by atoms with Gasteiger partial charge in [-0.3, -0.25) is 0 Å². The fourth-order valence-electron chi connectivity index (χ4n) is 1.50. The van der Waals surface area contributed by atoms with Gasteiger partial charge < -0.3 is 10.2 Å². The minimum Gasteiger partial charge on any atom is -0.507 e. The van der Waals surface area contributed by atoms with Gasteiger partial charge in [-0.25, -0.2) is 0 Å². The molecule has 0 aromatic heterocycles. The van der Waals surface area contributed by atoms with Crippen LogP contribution in [0.2, 0.25) is 0 Å². The minimum atomic E-state index is -0.330. The quantitative estimate of drug-likeness (QED) is 0.730. The normalized spacial score (nSPS) is 12.9. The van der Waals surface area contributed by atoms with Crippen molar-refractivity contribution in [1.82, 2.24) is 0 Å². The number of hydrogen-bond acceptors (Lipinski definition) is 2. The van der Waals surface area contributed by atoms with Crippen molar-refractivity contribution < 1.29 is 10.2 Å². The number of aryl methyl sites for hydroxylation is 2. The summed E-state index contributed by atoms with van der Waals surface area (Å²) in [6.45, 7) is 5.50. The van der Waals surface area contributed by atoms with Crippen LogP contribution in [0.4, 0.5) is 0 Å². The Kier molecular flexibility index (Phi) is 2.94. The molecule has 1 aromatic rings. The topological polar surface area (TPSA) is 40.5 Å². The zero-order valence-corrected chi connectivity index (χ0v) is 8.33. The van der Waals surface area contributed by atoms with Crippen LogP contribution in [0.15, 0.2) is 12.1 Å². The van der Waals surface area contributed by atoms with Crippen LogP contribution in [0.25, 0.3) is 0 Å². The summed E-state index contributed by atoms with van der Waals surface area (Å²) in [5, 5.41) is 18.7. The van der Waals surface area contributed by atoms with E-state index in [-0.39, 0.29) is 6.10 Å². The SMILES string of the molecule is Cc1cc(C[C@@H](C)O)cc(C)c1O. The highest BCUT2D eigenvalue weighted by Crippen LogP contribution is 2.23. The molecule has 1 rings (SSSR count). The molecule has 0 aliphatic rings. The number of phenols is 1. The van der Waals surface area contributed by atoms with Crippen molar-refractivity contribution in [2.24, 2.45) is 0 Å². The summed E-state index contributed by atoms with van der Waals surface area (Å²) >= 11 is 0. The first-order valence-corrected chi connectivity index (χ1v) is 4.48. The summed E-state index contributed by atoms with van der Waals surface area (Å²) in [6.07, 6.45) is 0.311. The lowest BCUT2D eigenvalue weighted by Crippen LogP contribution is -2.04. The van der Waals surface area contributed by atoms with Gasteiger partial charge in [0.2, 0.25) is 0 Å². The van der Waals surface area contributed by atoms with Crippen molar-refractivity contribution in [2.45, 2.75) is 33.3 Å². The third-order valence-corrected chi connectivity index (χ3v) is 2.08. The lowest BCUT2D eigenvalue weighted by atomic mass is 10.0. The standard InChI is InChI=1S/C11H16O2/c1-7-4-10(6-9(3)12)5-8(2)11(7)13/h4-5,9,12-13H,6H2,1-3H3/t9-/m1/s1. The maximum Gasteiger partial charge on any atom is 0.121 e. The smallest absolute Gasteiger partial charge is 0.121 e. The van der Waals surface area contributed by atoms with E-state index in [1.54, 1.807) is 6.92 Å². The van der Waals surface area contributed by atoms with E-state index in [1.807, 2.05) is 26.0 Å². The fourth-order valence-corrected chi connectivity index (χ4v) is 1.50. The number of rotatable bonds is 2. The Labute approximate surface area is 78.8 Å². The van der Waals surface area contributed by atoms with Gasteiger partial charge in [-0.2, -0.15) is 0 Å². The Morgan fingerprint density at radius 2 is 1.69 bits per heavy atom. The number of aliphatic hydroxyl groups excluding tert-OH is 1. The van der Waals surface area contributed by atoms with Crippen molar-refractivity contribution in [3.8, 4) is 5.75 Å².